The van der Waals surface area contributed by atoms with E-state index in [0.717, 1.165) is 0 Å². The molecule has 0 aliphatic heterocycles. The highest BCUT2D eigenvalue weighted by Gasteiger charge is 2.23. The molecule has 0 saturated carbocycles. The van der Waals surface area contributed by atoms with E-state index in [1.807, 2.05) is 0 Å². The van der Waals surface area contributed by atoms with E-state index in [-0.39, 0.29) is 18.2 Å². The van der Waals surface area contributed by atoms with Gasteiger partial charge in [-0.25, -0.2) is 0 Å². The molecule has 0 radical (unpaired) electrons. The first-order valence-electron chi connectivity index (χ1n) is 3.70. The maximum atomic E-state index is 12.6. The van der Waals surface area contributed by atoms with Crippen LogP contribution in [0.5, 0.6) is 0 Å². The smallest absolute Gasteiger partial charge is 0.258 e. The molecule has 11 heteroatoms. The zero-order chi connectivity index (χ0) is 13.4. The summed E-state index contributed by atoms with van der Waals surface area (Å²) in [5.41, 5.74) is -1.06. The second-order valence-electron chi connectivity index (χ2n) is 2.80. The van der Waals surface area contributed by atoms with E-state index < -0.39 is 40.8 Å². The molecule has 0 saturated heterocycles. The second-order valence-corrected chi connectivity index (χ2v) is 5.49. The van der Waals surface area contributed by atoms with Gasteiger partial charge in [-0.05, 0) is 6.07 Å². The van der Waals surface area contributed by atoms with E-state index in [0.29, 0.717) is 0 Å². The molecule has 0 aliphatic rings. The standard InChI is InChI=1S/C6H3F2NO6S2/c7-16(12,13)5-1-4(9(10)11)2-6(3-5)17(8,14)15/h1-3H. The molecule has 1 rings (SSSR count). The highest BCUT2D eigenvalue weighted by molar-refractivity contribution is 7.87. The Bertz CT molecular complexity index is 630. The maximum absolute atomic E-state index is 12.6. The van der Waals surface area contributed by atoms with Crippen molar-refractivity contribution >= 4 is 26.1 Å². The Labute approximate surface area is 94.3 Å². The molecule has 0 amide bonds. The van der Waals surface area contributed by atoms with Crippen LogP contribution in [0.4, 0.5) is 13.5 Å². The number of hydrogen-bond donors (Lipinski definition) is 0. The highest BCUT2D eigenvalue weighted by Crippen LogP contribution is 2.25. The van der Waals surface area contributed by atoms with Crippen molar-refractivity contribution in [3.63, 3.8) is 0 Å². The summed E-state index contributed by atoms with van der Waals surface area (Å²) in [6.07, 6.45) is 0. The van der Waals surface area contributed by atoms with Crippen LogP contribution in [0.1, 0.15) is 0 Å². The van der Waals surface area contributed by atoms with Gasteiger partial charge in [-0.3, -0.25) is 10.1 Å². The molecule has 0 spiro atoms. The molecule has 0 unspecified atom stereocenters. The molecule has 94 valence electrons. The molecule has 17 heavy (non-hydrogen) atoms. The summed E-state index contributed by atoms with van der Waals surface area (Å²) in [6, 6.07) is 0.714. The number of rotatable bonds is 3. The van der Waals surface area contributed by atoms with Gasteiger partial charge in [-0.15, -0.1) is 7.77 Å². The van der Waals surface area contributed by atoms with Crippen molar-refractivity contribution in [2.24, 2.45) is 0 Å². The van der Waals surface area contributed by atoms with Gasteiger partial charge in [-0.2, -0.15) is 16.8 Å². The van der Waals surface area contributed by atoms with Crippen molar-refractivity contribution in [3.8, 4) is 0 Å². The van der Waals surface area contributed by atoms with E-state index in [1.165, 1.54) is 0 Å². The predicted molar refractivity (Wildman–Crippen MR) is 49.7 cm³/mol. The number of nitrogens with zero attached hydrogens (tertiary/aromatic N) is 1. The van der Waals surface area contributed by atoms with E-state index in [4.69, 9.17) is 0 Å². The topological polar surface area (TPSA) is 111 Å². The zero-order valence-corrected chi connectivity index (χ0v) is 9.33. The van der Waals surface area contributed by atoms with Crippen LogP contribution in [0.3, 0.4) is 0 Å². The normalized spacial score (nSPS) is 12.4. The molecule has 0 N–H and O–H groups in total. The second kappa shape index (κ2) is 4.00. The molecule has 7 nitrogen and oxygen atoms in total. The van der Waals surface area contributed by atoms with Gasteiger partial charge >= 0.3 is 20.4 Å². The first-order valence-corrected chi connectivity index (χ1v) is 6.47. The minimum atomic E-state index is -5.38. The molecular weight excluding hydrogens is 284 g/mol. The Morgan fingerprint density at radius 2 is 1.29 bits per heavy atom. The Morgan fingerprint density at radius 1 is 0.941 bits per heavy atom. The Hall–Kier alpha value is -1.62. The van der Waals surface area contributed by atoms with Crippen LogP contribution in [0.2, 0.25) is 0 Å². The molecule has 1 aromatic carbocycles. The fraction of sp³-hybridized carbons (Fsp3) is 0. The Morgan fingerprint density at radius 3 is 1.53 bits per heavy atom. The number of hydrogen-bond acceptors (Lipinski definition) is 6. The third-order valence-electron chi connectivity index (χ3n) is 1.64. The summed E-state index contributed by atoms with van der Waals surface area (Å²) < 4.78 is 67.1. The summed E-state index contributed by atoms with van der Waals surface area (Å²) in [5, 5.41) is 10.3. The van der Waals surface area contributed by atoms with Gasteiger partial charge in [-0.1, -0.05) is 0 Å². The number of benzene rings is 1. The average molecular weight is 287 g/mol. The molecule has 0 bridgehead atoms. The van der Waals surface area contributed by atoms with Gasteiger partial charge < -0.3 is 0 Å². The minimum Gasteiger partial charge on any atom is -0.258 e. The summed E-state index contributed by atoms with van der Waals surface area (Å²) in [7, 11) is -10.8. The summed E-state index contributed by atoms with van der Waals surface area (Å²) >= 11 is 0. The highest BCUT2D eigenvalue weighted by atomic mass is 32.3. The van der Waals surface area contributed by atoms with Gasteiger partial charge in [0.05, 0.1) is 4.92 Å². The lowest BCUT2D eigenvalue weighted by Gasteiger charge is -1.99. The van der Waals surface area contributed by atoms with E-state index in [2.05, 4.69) is 0 Å². The molecular formula is C6H3F2NO6S2. The van der Waals surface area contributed by atoms with Gasteiger partial charge in [0.2, 0.25) is 0 Å². The molecule has 0 atom stereocenters. The van der Waals surface area contributed by atoms with E-state index >= 15 is 0 Å². The minimum absolute atomic E-state index is 0.150. The summed E-state index contributed by atoms with van der Waals surface area (Å²) in [5.74, 6) is 0. The van der Waals surface area contributed by atoms with Gasteiger partial charge in [0.15, 0.2) is 0 Å². The maximum Gasteiger partial charge on any atom is 0.332 e. The van der Waals surface area contributed by atoms with Crippen molar-refractivity contribution in [2.45, 2.75) is 9.79 Å². The predicted octanol–water partition coefficient (Wildman–Crippen LogP) is 0.911. The van der Waals surface area contributed by atoms with Crippen LogP contribution in [-0.4, -0.2) is 21.8 Å². The van der Waals surface area contributed by atoms with Crippen LogP contribution in [0.15, 0.2) is 28.0 Å². The number of halogens is 2. The molecule has 0 fully saturated rings. The third-order valence-corrected chi connectivity index (χ3v) is 3.24. The van der Waals surface area contributed by atoms with Gasteiger partial charge in [0.1, 0.15) is 9.79 Å². The van der Waals surface area contributed by atoms with Gasteiger partial charge in [0.25, 0.3) is 5.69 Å². The molecule has 1 aromatic rings. The van der Waals surface area contributed by atoms with Crippen molar-refractivity contribution < 1.29 is 29.5 Å². The van der Waals surface area contributed by atoms with Crippen molar-refractivity contribution in [2.75, 3.05) is 0 Å². The fourth-order valence-corrected chi connectivity index (χ4v) is 2.08. The first-order chi connectivity index (χ1) is 7.51. The lowest BCUT2D eigenvalue weighted by Crippen LogP contribution is -2.00. The summed E-state index contributed by atoms with van der Waals surface area (Å²) in [6.45, 7) is 0. The van der Waals surface area contributed by atoms with Crippen molar-refractivity contribution in [3.05, 3.63) is 28.3 Å². The van der Waals surface area contributed by atoms with Crippen LogP contribution < -0.4 is 0 Å². The van der Waals surface area contributed by atoms with E-state index in [9.17, 15) is 34.7 Å². The summed E-state index contributed by atoms with van der Waals surface area (Å²) in [4.78, 5) is 6.55. The van der Waals surface area contributed by atoms with Crippen LogP contribution in [-0.2, 0) is 20.4 Å². The number of nitro groups is 1. The number of non-ortho nitro benzene ring substituents is 1. The third kappa shape index (κ3) is 3.17. The van der Waals surface area contributed by atoms with Crippen molar-refractivity contribution in [1.29, 1.82) is 0 Å². The van der Waals surface area contributed by atoms with Crippen molar-refractivity contribution in [1.82, 2.24) is 0 Å². The van der Waals surface area contributed by atoms with Crippen LogP contribution in [0.25, 0.3) is 0 Å². The fourth-order valence-electron chi connectivity index (χ4n) is 0.944. The zero-order valence-electron chi connectivity index (χ0n) is 7.70. The molecule has 0 heterocycles. The quantitative estimate of drug-likeness (QED) is 0.464. The average Bonchev–Trinajstić information content (AvgIpc) is 2.14. The van der Waals surface area contributed by atoms with Crippen LogP contribution >= 0.6 is 0 Å². The SMILES string of the molecule is O=[N+]([O-])c1cc(S(=O)(=O)F)cc(S(=O)(=O)F)c1. The van der Waals surface area contributed by atoms with E-state index in [1.54, 1.807) is 0 Å². The molecule has 0 aromatic heterocycles. The lowest BCUT2D eigenvalue weighted by molar-refractivity contribution is -0.385. The molecule has 0 aliphatic carbocycles. The van der Waals surface area contributed by atoms with Gasteiger partial charge in [0, 0.05) is 12.1 Å². The Balaban J connectivity index is 3.68. The number of nitro benzene ring substituents is 1. The monoisotopic (exact) mass is 287 g/mol. The first kappa shape index (κ1) is 13.4. The largest absolute Gasteiger partial charge is 0.332 e. The lowest BCUT2D eigenvalue weighted by atomic mass is 10.3. The van der Waals surface area contributed by atoms with Crippen LogP contribution in [0, 0.1) is 10.1 Å². The Kier molecular flexibility index (Phi) is 3.16.